The number of hydrogen-bond donors (Lipinski definition) is 1. The Balaban J connectivity index is 1.80. The van der Waals surface area contributed by atoms with E-state index in [9.17, 15) is 4.79 Å². The highest BCUT2D eigenvalue weighted by Gasteiger charge is 2.30. The maximum atomic E-state index is 12.6. The molecule has 0 spiro atoms. The molecular weight excluding hydrogens is 346 g/mol. The quantitative estimate of drug-likeness (QED) is 0.393. The number of guanidine groups is 1. The number of piperazine rings is 1. The van der Waals surface area contributed by atoms with Crippen molar-refractivity contribution in [3.05, 3.63) is 0 Å². The van der Waals surface area contributed by atoms with Crippen LogP contribution >= 0.6 is 11.8 Å². The van der Waals surface area contributed by atoms with Crippen LogP contribution in [0.5, 0.6) is 0 Å². The second-order valence-electron chi connectivity index (χ2n) is 7.17. The molecule has 0 aromatic heterocycles. The molecule has 0 aromatic rings. The van der Waals surface area contributed by atoms with Crippen LogP contribution in [0.3, 0.4) is 0 Å². The Kier molecular flexibility index (Phi) is 9.61. The van der Waals surface area contributed by atoms with Gasteiger partial charge in [0.1, 0.15) is 0 Å². The lowest BCUT2D eigenvalue weighted by atomic mass is 10.2. The number of hydrogen-bond acceptors (Lipinski definition) is 4. The van der Waals surface area contributed by atoms with E-state index >= 15 is 0 Å². The third-order valence-corrected chi connectivity index (χ3v) is 5.99. The fourth-order valence-corrected chi connectivity index (χ4v) is 4.14. The van der Waals surface area contributed by atoms with Crippen LogP contribution in [0.2, 0.25) is 0 Å². The number of nitrogens with zero attached hydrogens (tertiary/aromatic N) is 4. The van der Waals surface area contributed by atoms with Gasteiger partial charge in [0.15, 0.2) is 5.96 Å². The lowest BCUT2D eigenvalue weighted by Crippen LogP contribution is -2.57. The molecule has 2 fully saturated rings. The lowest BCUT2D eigenvalue weighted by molar-refractivity contribution is -0.135. The van der Waals surface area contributed by atoms with Crippen LogP contribution in [0.1, 0.15) is 39.5 Å². The standard InChI is InChI=1S/C19H37N5OS/c1-4-20-19(21-9-5-8-16-26-3)24-14-12-22(13-15-24)17(2)18(25)23-10-6-7-11-23/h17H,4-16H2,1-3H3,(H,20,21). The average molecular weight is 384 g/mol. The van der Waals surface area contributed by atoms with Crippen molar-refractivity contribution >= 4 is 23.6 Å². The smallest absolute Gasteiger partial charge is 0.239 e. The Morgan fingerprint density at radius 2 is 1.77 bits per heavy atom. The summed E-state index contributed by atoms with van der Waals surface area (Å²) >= 11 is 1.90. The number of nitrogens with one attached hydrogen (secondary N) is 1. The van der Waals surface area contributed by atoms with Gasteiger partial charge in [0.2, 0.25) is 5.91 Å². The minimum atomic E-state index is 0.00122. The predicted octanol–water partition coefficient (Wildman–Crippen LogP) is 1.72. The van der Waals surface area contributed by atoms with Gasteiger partial charge in [-0.05, 0) is 51.5 Å². The zero-order valence-corrected chi connectivity index (χ0v) is 17.7. The molecule has 0 radical (unpaired) electrons. The van der Waals surface area contributed by atoms with Crippen LogP contribution in [0.25, 0.3) is 0 Å². The van der Waals surface area contributed by atoms with Crippen molar-refractivity contribution in [1.82, 2.24) is 20.0 Å². The highest BCUT2D eigenvalue weighted by molar-refractivity contribution is 7.98. The van der Waals surface area contributed by atoms with Crippen molar-refractivity contribution in [2.45, 2.75) is 45.6 Å². The van der Waals surface area contributed by atoms with E-state index in [0.29, 0.717) is 5.91 Å². The monoisotopic (exact) mass is 383 g/mol. The van der Waals surface area contributed by atoms with Gasteiger partial charge in [0.25, 0.3) is 0 Å². The van der Waals surface area contributed by atoms with E-state index in [2.05, 4.69) is 35.2 Å². The van der Waals surface area contributed by atoms with E-state index in [-0.39, 0.29) is 6.04 Å². The van der Waals surface area contributed by atoms with Crippen LogP contribution in [0, 0.1) is 0 Å². The summed E-state index contributed by atoms with van der Waals surface area (Å²) in [6.45, 7) is 11.6. The molecule has 2 heterocycles. The maximum absolute atomic E-state index is 12.6. The Labute approximate surface area is 163 Å². The number of aliphatic imine (C=N–C) groups is 1. The molecule has 0 saturated carbocycles. The van der Waals surface area contributed by atoms with Gasteiger partial charge in [0.05, 0.1) is 6.04 Å². The number of unbranched alkanes of at least 4 members (excludes halogenated alkanes) is 1. The molecule has 1 atom stereocenters. The number of carbonyl (C=O) groups is 1. The van der Waals surface area contributed by atoms with Crippen molar-refractivity contribution < 1.29 is 4.79 Å². The molecule has 0 aliphatic carbocycles. The summed E-state index contributed by atoms with van der Waals surface area (Å²) in [6.07, 6.45) is 6.85. The zero-order valence-electron chi connectivity index (χ0n) is 16.9. The molecule has 2 aliphatic rings. The van der Waals surface area contributed by atoms with E-state index in [1.807, 2.05) is 16.7 Å². The molecule has 1 N–H and O–H groups in total. The predicted molar refractivity (Wildman–Crippen MR) is 112 cm³/mol. The SMILES string of the molecule is CCNC(=NCCCCSC)N1CCN(C(C)C(=O)N2CCCC2)CC1. The molecule has 1 unspecified atom stereocenters. The molecule has 6 nitrogen and oxygen atoms in total. The van der Waals surface area contributed by atoms with Crippen LogP contribution in [0.15, 0.2) is 4.99 Å². The van der Waals surface area contributed by atoms with E-state index < -0.39 is 0 Å². The first-order valence-corrected chi connectivity index (χ1v) is 11.6. The van der Waals surface area contributed by atoms with Gasteiger partial charge in [-0.25, -0.2) is 0 Å². The number of likely N-dealkylation sites (tertiary alicyclic amines) is 1. The molecule has 1 amide bonds. The van der Waals surface area contributed by atoms with Crippen molar-refractivity contribution in [3.8, 4) is 0 Å². The average Bonchev–Trinajstić information content (AvgIpc) is 3.21. The van der Waals surface area contributed by atoms with Gasteiger partial charge in [-0.2, -0.15) is 11.8 Å². The Hall–Kier alpha value is -0.950. The first-order chi connectivity index (χ1) is 12.7. The largest absolute Gasteiger partial charge is 0.357 e. The molecule has 2 saturated heterocycles. The minimum Gasteiger partial charge on any atom is -0.357 e. The topological polar surface area (TPSA) is 51.2 Å². The molecule has 150 valence electrons. The van der Waals surface area contributed by atoms with Crippen molar-refractivity contribution in [2.75, 3.05) is 64.4 Å². The second kappa shape index (κ2) is 11.7. The maximum Gasteiger partial charge on any atom is 0.239 e. The van der Waals surface area contributed by atoms with Gasteiger partial charge in [0, 0.05) is 52.4 Å². The summed E-state index contributed by atoms with van der Waals surface area (Å²) in [4.78, 5) is 24.1. The van der Waals surface area contributed by atoms with Gasteiger partial charge in [-0.15, -0.1) is 0 Å². The normalized spacial score (nSPS) is 20.5. The number of rotatable bonds is 8. The van der Waals surface area contributed by atoms with Gasteiger partial charge in [-0.3, -0.25) is 14.7 Å². The third kappa shape index (κ3) is 6.34. The summed E-state index contributed by atoms with van der Waals surface area (Å²) in [5.74, 6) is 2.56. The molecule has 2 aliphatic heterocycles. The highest BCUT2D eigenvalue weighted by Crippen LogP contribution is 2.14. The van der Waals surface area contributed by atoms with E-state index in [1.54, 1.807) is 0 Å². The van der Waals surface area contributed by atoms with Crippen LogP contribution in [-0.2, 0) is 4.79 Å². The Morgan fingerprint density at radius 3 is 2.38 bits per heavy atom. The van der Waals surface area contributed by atoms with Gasteiger partial charge < -0.3 is 15.1 Å². The number of thioether (sulfide) groups is 1. The van der Waals surface area contributed by atoms with E-state index in [0.717, 1.165) is 77.6 Å². The molecule has 0 bridgehead atoms. The first kappa shape index (κ1) is 21.4. The zero-order chi connectivity index (χ0) is 18.8. The van der Waals surface area contributed by atoms with E-state index in [4.69, 9.17) is 4.99 Å². The fraction of sp³-hybridized carbons (Fsp3) is 0.895. The molecule has 26 heavy (non-hydrogen) atoms. The lowest BCUT2D eigenvalue weighted by Gasteiger charge is -2.39. The fourth-order valence-electron chi connectivity index (χ4n) is 3.65. The number of amides is 1. The van der Waals surface area contributed by atoms with Gasteiger partial charge >= 0.3 is 0 Å². The molecule has 2 rings (SSSR count). The van der Waals surface area contributed by atoms with Crippen LogP contribution in [0.4, 0.5) is 0 Å². The second-order valence-corrected chi connectivity index (χ2v) is 8.15. The summed E-state index contributed by atoms with van der Waals surface area (Å²) in [6, 6.07) is 0.00122. The molecule has 0 aromatic carbocycles. The van der Waals surface area contributed by atoms with Crippen LogP contribution in [-0.4, -0.2) is 97.0 Å². The van der Waals surface area contributed by atoms with Crippen molar-refractivity contribution in [3.63, 3.8) is 0 Å². The van der Waals surface area contributed by atoms with Gasteiger partial charge in [-0.1, -0.05) is 0 Å². The van der Waals surface area contributed by atoms with Crippen molar-refractivity contribution in [1.29, 1.82) is 0 Å². The summed E-state index contributed by atoms with van der Waals surface area (Å²) < 4.78 is 0. The Bertz CT molecular complexity index is 445. The minimum absolute atomic E-state index is 0.00122. The Morgan fingerprint density at radius 1 is 1.08 bits per heavy atom. The highest BCUT2D eigenvalue weighted by atomic mass is 32.2. The molecule has 7 heteroatoms. The van der Waals surface area contributed by atoms with Crippen LogP contribution < -0.4 is 5.32 Å². The summed E-state index contributed by atoms with van der Waals surface area (Å²) in [5.41, 5.74) is 0. The summed E-state index contributed by atoms with van der Waals surface area (Å²) in [7, 11) is 0. The van der Waals surface area contributed by atoms with E-state index in [1.165, 1.54) is 12.2 Å². The van der Waals surface area contributed by atoms with Crippen molar-refractivity contribution in [2.24, 2.45) is 4.99 Å². The number of carbonyl (C=O) groups excluding carboxylic acids is 1. The summed E-state index contributed by atoms with van der Waals surface area (Å²) in [5, 5.41) is 3.43. The third-order valence-electron chi connectivity index (χ3n) is 5.29. The first-order valence-electron chi connectivity index (χ1n) is 10.2. The molecular formula is C19H37N5OS.